The van der Waals surface area contributed by atoms with Crippen LogP contribution in [0.2, 0.25) is 0 Å². The van der Waals surface area contributed by atoms with E-state index in [9.17, 15) is 0 Å². The van der Waals surface area contributed by atoms with Crippen molar-refractivity contribution in [3.63, 3.8) is 0 Å². The summed E-state index contributed by atoms with van der Waals surface area (Å²) in [5.41, 5.74) is 0.644. The van der Waals surface area contributed by atoms with Gasteiger partial charge in [0.25, 0.3) is 0 Å². The highest BCUT2D eigenvalue weighted by atomic mass is 79.9. The van der Waals surface area contributed by atoms with Crippen molar-refractivity contribution in [1.29, 1.82) is 0 Å². The van der Waals surface area contributed by atoms with Crippen LogP contribution in [0.4, 0.5) is 0 Å². The van der Waals surface area contributed by atoms with Gasteiger partial charge in [0.15, 0.2) is 0 Å². The average Bonchev–Trinajstić information content (AvgIpc) is 2.71. The first-order valence-corrected chi connectivity index (χ1v) is 8.45. The third-order valence-corrected chi connectivity index (χ3v) is 8.61. The van der Waals surface area contributed by atoms with Crippen molar-refractivity contribution in [2.75, 3.05) is 0 Å². The van der Waals surface area contributed by atoms with Crippen LogP contribution in [0.25, 0.3) is 0 Å². The lowest BCUT2D eigenvalue weighted by Crippen LogP contribution is -2.58. The number of hydrogen-bond donors (Lipinski definition) is 0. The van der Waals surface area contributed by atoms with Gasteiger partial charge in [-0.15, -0.1) is 11.6 Å². The highest BCUT2D eigenvalue weighted by Gasteiger charge is 2.71. The summed E-state index contributed by atoms with van der Waals surface area (Å²) in [4.78, 5) is 0.291. The van der Waals surface area contributed by atoms with Crippen molar-refractivity contribution >= 4 is 27.5 Å². The van der Waals surface area contributed by atoms with Crippen LogP contribution in [0.3, 0.4) is 0 Å². The lowest BCUT2D eigenvalue weighted by molar-refractivity contribution is -0.0690. The number of hydrogen-bond acceptors (Lipinski definition) is 1. The summed E-state index contributed by atoms with van der Waals surface area (Å²) >= 11 is 10.5. The molecule has 1 spiro atoms. The van der Waals surface area contributed by atoms with E-state index < -0.39 is 0 Å². The SMILES string of the molecule is CC1(C)[C@@H]2CC[C@@](C)(O2)[C@@]12CC[C@@](C)(Cl)[C@H](Br)C2. The number of fused-ring (bicyclic) bond motifs is 3. The fourth-order valence-electron chi connectivity index (χ4n) is 4.99. The van der Waals surface area contributed by atoms with E-state index in [0.29, 0.717) is 16.3 Å². The molecule has 3 fully saturated rings. The minimum Gasteiger partial charge on any atom is -0.371 e. The van der Waals surface area contributed by atoms with Gasteiger partial charge < -0.3 is 4.74 Å². The number of ether oxygens (including phenoxy) is 1. The van der Waals surface area contributed by atoms with Gasteiger partial charge in [0.2, 0.25) is 0 Å². The van der Waals surface area contributed by atoms with E-state index in [1.165, 1.54) is 19.3 Å². The van der Waals surface area contributed by atoms with Crippen LogP contribution in [-0.4, -0.2) is 21.4 Å². The van der Waals surface area contributed by atoms with E-state index in [4.69, 9.17) is 16.3 Å². The summed E-state index contributed by atoms with van der Waals surface area (Å²) in [6, 6.07) is 0. The van der Waals surface area contributed by atoms with Crippen molar-refractivity contribution in [2.45, 2.75) is 81.2 Å². The van der Waals surface area contributed by atoms with Gasteiger partial charge in [-0.05, 0) is 51.4 Å². The maximum Gasteiger partial charge on any atom is 0.0721 e. The maximum atomic E-state index is 6.64. The predicted octanol–water partition coefficient (Wildman–Crippen LogP) is 4.90. The second kappa shape index (κ2) is 3.68. The highest BCUT2D eigenvalue weighted by Crippen LogP contribution is 2.71. The summed E-state index contributed by atoms with van der Waals surface area (Å²) in [6.07, 6.45) is 6.33. The van der Waals surface area contributed by atoms with Crippen molar-refractivity contribution in [1.82, 2.24) is 0 Å². The number of alkyl halides is 2. The fourth-order valence-corrected chi connectivity index (χ4v) is 5.94. The van der Waals surface area contributed by atoms with Gasteiger partial charge in [0, 0.05) is 10.2 Å². The molecule has 1 aliphatic carbocycles. The Labute approximate surface area is 124 Å². The van der Waals surface area contributed by atoms with E-state index in [2.05, 4.69) is 43.6 Å². The zero-order valence-electron chi connectivity index (χ0n) is 11.9. The van der Waals surface area contributed by atoms with Gasteiger partial charge >= 0.3 is 0 Å². The van der Waals surface area contributed by atoms with E-state index in [-0.39, 0.29) is 15.9 Å². The zero-order valence-corrected chi connectivity index (χ0v) is 14.2. The number of rotatable bonds is 0. The molecule has 2 aliphatic heterocycles. The molecular weight excluding hydrogens is 312 g/mol. The van der Waals surface area contributed by atoms with E-state index >= 15 is 0 Å². The standard InChI is InChI=1S/C15H24BrClO/c1-12(2)11-5-6-14(4,18-11)15(12)8-7-13(3,17)10(16)9-15/h10-11H,5-9H2,1-4H3/t10-,11+,13-,14-,15-/m1/s1. The molecular formula is C15H24BrClO. The Bertz CT molecular complexity index is 374. The van der Waals surface area contributed by atoms with Gasteiger partial charge in [-0.1, -0.05) is 29.8 Å². The molecule has 0 radical (unpaired) electrons. The molecule has 5 atom stereocenters. The Balaban J connectivity index is 2.00. The summed E-state index contributed by atoms with van der Waals surface area (Å²) in [7, 11) is 0. The van der Waals surface area contributed by atoms with Crippen LogP contribution < -0.4 is 0 Å². The quantitative estimate of drug-likeness (QED) is 0.572. The molecule has 1 nitrogen and oxygen atoms in total. The van der Waals surface area contributed by atoms with Crippen LogP contribution in [0.5, 0.6) is 0 Å². The molecule has 18 heavy (non-hydrogen) atoms. The van der Waals surface area contributed by atoms with Crippen LogP contribution in [0, 0.1) is 10.8 Å². The molecule has 0 aromatic heterocycles. The Morgan fingerprint density at radius 3 is 2.28 bits per heavy atom. The minimum absolute atomic E-state index is 0.0700. The van der Waals surface area contributed by atoms with Crippen molar-refractivity contribution in [2.24, 2.45) is 10.8 Å². The number of halogens is 2. The first-order valence-electron chi connectivity index (χ1n) is 7.16. The van der Waals surface area contributed by atoms with Crippen LogP contribution in [-0.2, 0) is 4.74 Å². The van der Waals surface area contributed by atoms with Gasteiger partial charge in [-0.25, -0.2) is 0 Å². The predicted molar refractivity (Wildman–Crippen MR) is 79.6 cm³/mol. The second-order valence-corrected chi connectivity index (χ2v) is 9.60. The lowest BCUT2D eigenvalue weighted by Gasteiger charge is -2.57. The normalized spacial score (nSPS) is 58.3. The first kappa shape index (κ1) is 13.7. The molecule has 3 aliphatic rings. The molecule has 2 bridgehead atoms. The summed E-state index contributed by atoms with van der Waals surface area (Å²) in [5.74, 6) is 0. The molecule has 104 valence electrons. The third kappa shape index (κ3) is 1.43. The molecule has 3 heteroatoms. The monoisotopic (exact) mass is 334 g/mol. The summed E-state index contributed by atoms with van der Waals surface area (Å²) < 4.78 is 6.42. The average molecular weight is 336 g/mol. The minimum atomic E-state index is -0.0977. The Kier molecular flexibility index (Phi) is 2.80. The Hall–Kier alpha value is 0.730. The fraction of sp³-hybridized carbons (Fsp3) is 1.00. The molecule has 2 saturated heterocycles. The van der Waals surface area contributed by atoms with Gasteiger partial charge in [0.1, 0.15) is 0 Å². The second-order valence-electron chi connectivity index (χ2n) is 7.63. The van der Waals surface area contributed by atoms with Crippen LogP contribution in [0.1, 0.15) is 59.8 Å². The molecule has 0 aromatic carbocycles. The summed E-state index contributed by atoms with van der Waals surface area (Å²) in [5, 5.41) is 0. The zero-order chi connectivity index (χ0) is 13.4. The Morgan fingerprint density at radius 2 is 1.78 bits per heavy atom. The molecule has 2 heterocycles. The third-order valence-electron chi connectivity index (χ3n) is 6.56. The Morgan fingerprint density at radius 1 is 1.11 bits per heavy atom. The van der Waals surface area contributed by atoms with E-state index in [0.717, 1.165) is 12.8 Å². The van der Waals surface area contributed by atoms with Crippen molar-refractivity contribution in [3.8, 4) is 0 Å². The van der Waals surface area contributed by atoms with Gasteiger partial charge in [-0.2, -0.15) is 0 Å². The lowest BCUT2D eigenvalue weighted by atomic mass is 9.47. The highest BCUT2D eigenvalue weighted by molar-refractivity contribution is 9.09. The van der Waals surface area contributed by atoms with Crippen LogP contribution >= 0.6 is 27.5 Å². The molecule has 0 amide bonds. The van der Waals surface area contributed by atoms with Crippen molar-refractivity contribution in [3.05, 3.63) is 0 Å². The van der Waals surface area contributed by atoms with Crippen LogP contribution in [0.15, 0.2) is 0 Å². The topological polar surface area (TPSA) is 9.23 Å². The van der Waals surface area contributed by atoms with E-state index in [1.807, 2.05) is 0 Å². The maximum absolute atomic E-state index is 6.64. The molecule has 1 saturated carbocycles. The van der Waals surface area contributed by atoms with Gasteiger partial charge in [-0.3, -0.25) is 0 Å². The largest absolute Gasteiger partial charge is 0.371 e. The molecule has 3 rings (SSSR count). The van der Waals surface area contributed by atoms with Crippen molar-refractivity contribution < 1.29 is 4.74 Å². The molecule has 0 aromatic rings. The molecule has 0 unspecified atom stereocenters. The first-order chi connectivity index (χ1) is 8.15. The van der Waals surface area contributed by atoms with E-state index in [1.54, 1.807) is 0 Å². The summed E-state index contributed by atoms with van der Waals surface area (Å²) in [6.45, 7) is 9.35. The smallest absolute Gasteiger partial charge is 0.0721 e. The molecule has 0 N–H and O–H groups in total. The van der Waals surface area contributed by atoms with Gasteiger partial charge in [0.05, 0.1) is 16.6 Å².